The highest BCUT2D eigenvalue weighted by Crippen LogP contribution is 2.41. The van der Waals surface area contributed by atoms with Gasteiger partial charge >= 0.3 is 0 Å². The SMILES string of the molecule is C=C(c1c(F)ccc(Br)c1Cl)N1CCn2ncc(-c3[nH]ncc3C)c21. The number of aromatic amines is 1. The fourth-order valence-corrected chi connectivity index (χ4v) is 3.71. The molecule has 0 unspecified atom stereocenters. The molecule has 0 amide bonds. The van der Waals surface area contributed by atoms with Crippen LogP contribution in [0.4, 0.5) is 10.2 Å². The van der Waals surface area contributed by atoms with Crippen LogP contribution in [-0.4, -0.2) is 26.5 Å². The first-order chi connectivity index (χ1) is 12.0. The molecule has 0 bridgehead atoms. The Labute approximate surface area is 157 Å². The van der Waals surface area contributed by atoms with Crippen LogP contribution in [0.2, 0.25) is 5.02 Å². The van der Waals surface area contributed by atoms with E-state index in [-0.39, 0.29) is 5.56 Å². The normalized spacial score (nSPS) is 13.4. The van der Waals surface area contributed by atoms with Crippen molar-refractivity contribution in [2.24, 2.45) is 0 Å². The van der Waals surface area contributed by atoms with Crippen molar-refractivity contribution in [3.63, 3.8) is 0 Å². The lowest BCUT2D eigenvalue weighted by Gasteiger charge is -2.23. The fraction of sp³-hybridized carbons (Fsp3) is 0.176. The molecule has 0 fully saturated rings. The van der Waals surface area contributed by atoms with Gasteiger partial charge in [-0.3, -0.25) is 5.10 Å². The summed E-state index contributed by atoms with van der Waals surface area (Å²) in [6.45, 7) is 7.41. The first-order valence-corrected chi connectivity index (χ1v) is 8.82. The van der Waals surface area contributed by atoms with E-state index in [4.69, 9.17) is 11.6 Å². The number of benzene rings is 1. The molecule has 0 saturated carbocycles. The van der Waals surface area contributed by atoms with E-state index < -0.39 is 5.82 Å². The number of aryl methyl sites for hydroxylation is 1. The van der Waals surface area contributed by atoms with Crippen LogP contribution in [0.3, 0.4) is 0 Å². The van der Waals surface area contributed by atoms with E-state index in [1.54, 1.807) is 18.5 Å². The second-order valence-electron chi connectivity index (χ2n) is 5.85. The topological polar surface area (TPSA) is 49.7 Å². The molecule has 8 heteroatoms. The number of anilines is 1. The lowest BCUT2D eigenvalue weighted by atomic mass is 10.1. The largest absolute Gasteiger partial charge is 0.324 e. The predicted molar refractivity (Wildman–Crippen MR) is 100 cm³/mol. The highest BCUT2D eigenvalue weighted by Gasteiger charge is 2.30. The predicted octanol–water partition coefficient (Wildman–Crippen LogP) is 4.63. The highest BCUT2D eigenvalue weighted by molar-refractivity contribution is 9.10. The van der Waals surface area contributed by atoms with Crippen molar-refractivity contribution in [2.45, 2.75) is 13.5 Å². The van der Waals surface area contributed by atoms with Crippen molar-refractivity contribution >= 4 is 39.0 Å². The minimum absolute atomic E-state index is 0.290. The Hall–Kier alpha value is -2.12. The van der Waals surface area contributed by atoms with E-state index in [1.165, 1.54) is 6.07 Å². The number of aromatic nitrogens is 4. The van der Waals surface area contributed by atoms with Gasteiger partial charge < -0.3 is 4.90 Å². The van der Waals surface area contributed by atoms with Crippen LogP contribution in [0.1, 0.15) is 11.1 Å². The zero-order valence-electron chi connectivity index (χ0n) is 13.4. The summed E-state index contributed by atoms with van der Waals surface area (Å²) in [5, 5.41) is 11.8. The summed E-state index contributed by atoms with van der Waals surface area (Å²) in [7, 11) is 0. The molecule has 0 saturated heterocycles. The third kappa shape index (κ3) is 2.49. The van der Waals surface area contributed by atoms with Crippen LogP contribution in [0.15, 0.2) is 35.6 Å². The first-order valence-electron chi connectivity index (χ1n) is 7.65. The van der Waals surface area contributed by atoms with Crippen molar-refractivity contribution in [3.8, 4) is 11.3 Å². The molecule has 4 rings (SSSR count). The monoisotopic (exact) mass is 421 g/mol. The van der Waals surface area contributed by atoms with Crippen LogP contribution in [0.5, 0.6) is 0 Å². The molecule has 0 radical (unpaired) electrons. The Morgan fingerprint density at radius 2 is 2.16 bits per heavy atom. The van der Waals surface area contributed by atoms with E-state index in [1.807, 2.05) is 16.5 Å². The standard InChI is InChI=1S/C17H14BrClFN5/c1-9-7-21-23-16(9)11-8-22-25-6-5-24(17(11)25)10(2)14-13(20)4-3-12(18)15(14)19/h3-4,7-8H,2,5-6H2,1H3,(H,21,23). The van der Waals surface area contributed by atoms with Gasteiger partial charge in [-0.1, -0.05) is 18.2 Å². The Kier molecular flexibility index (Phi) is 3.92. The molecule has 1 aliphatic rings. The fourth-order valence-electron chi connectivity index (χ4n) is 3.11. The number of nitrogens with zero attached hydrogens (tertiary/aromatic N) is 4. The Bertz CT molecular complexity index is 993. The molecule has 1 aliphatic heterocycles. The summed E-state index contributed by atoms with van der Waals surface area (Å²) in [4.78, 5) is 1.94. The lowest BCUT2D eigenvalue weighted by Crippen LogP contribution is -2.19. The number of hydrogen-bond acceptors (Lipinski definition) is 3. The molecule has 1 aromatic carbocycles. The van der Waals surface area contributed by atoms with Gasteiger partial charge in [0.1, 0.15) is 11.6 Å². The molecular weight excluding hydrogens is 409 g/mol. The number of nitrogens with one attached hydrogen (secondary N) is 1. The maximum atomic E-state index is 14.4. The third-order valence-electron chi connectivity index (χ3n) is 4.36. The van der Waals surface area contributed by atoms with E-state index in [0.717, 1.165) is 22.6 Å². The average Bonchev–Trinajstić information content (AvgIpc) is 3.27. The second kappa shape index (κ2) is 6.00. The van der Waals surface area contributed by atoms with Gasteiger partial charge in [-0.15, -0.1) is 0 Å². The summed E-state index contributed by atoms with van der Waals surface area (Å²) >= 11 is 9.67. The van der Waals surface area contributed by atoms with E-state index in [0.29, 0.717) is 28.3 Å². The van der Waals surface area contributed by atoms with E-state index >= 15 is 0 Å². The number of halogens is 3. The van der Waals surface area contributed by atoms with Gasteiger partial charge in [-0.25, -0.2) is 9.07 Å². The maximum absolute atomic E-state index is 14.4. The van der Waals surface area contributed by atoms with Crippen molar-refractivity contribution < 1.29 is 4.39 Å². The molecule has 0 atom stereocenters. The van der Waals surface area contributed by atoms with Gasteiger partial charge in [0.15, 0.2) is 0 Å². The molecular formula is C17H14BrClFN5. The van der Waals surface area contributed by atoms with Gasteiger partial charge in [-0.05, 0) is 40.5 Å². The molecule has 128 valence electrons. The molecule has 1 N–H and O–H groups in total. The number of hydrogen-bond donors (Lipinski definition) is 1. The van der Waals surface area contributed by atoms with Crippen LogP contribution < -0.4 is 4.90 Å². The summed E-state index contributed by atoms with van der Waals surface area (Å²) < 4.78 is 17.0. The summed E-state index contributed by atoms with van der Waals surface area (Å²) in [6, 6.07) is 2.96. The van der Waals surface area contributed by atoms with Crippen molar-refractivity contribution in [1.82, 2.24) is 20.0 Å². The van der Waals surface area contributed by atoms with E-state index in [2.05, 4.69) is 37.8 Å². The summed E-state index contributed by atoms with van der Waals surface area (Å²) in [5.74, 6) is 0.447. The smallest absolute Gasteiger partial charge is 0.140 e. The average molecular weight is 423 g/mol. The quantitative estimate of drug-likeness (QED) is 0.626. The molecule has 0 spiro atoms. The van der Waals surface area contributed by atoms with Gasteiger partial charge in [0.2, 0.25) is 0 Å². The minimum Gasteiger partial charge on any atom is -0.324 e. The lowest BCUT2D eigenvalue weighted by molar-refractivity contribution is 0.623. The summed E-state index contributed by atoms with van der Waals surface area (Å²) in [6.07, 6.45) is 3.55. The molecule has 2 aromatic heterocycles. The van der Waals surface area contributed by atoms with Crippen LogP contribution in [0, 0.1) is 12.7 Å². The highest BCUT2D eigenvalue weighted by atomic mass is 79.9. The van der Waals surface area contributed by atoms with Crippen molar-refractivity contribution in [1.29, 1.82) is 0 Å². The first kappa shape index (κ1) is 16.4. The van der Waals surface area contributed by atoms with Crippen molar-refractivity contribution in [2.75, 3.05) is 11.4 Å². The zero-order chi connectivity index (χ0) is 17.7. The van der Waals surface area contributed by atoms with Gasteiger partial charge in [-0.2, -0.15) is 10.2 Å². The molecule has 3 heterocycles. The second-order valence-corrected chi connectivity index (χ2v) is 7.08. The van der Waals surface area contributed by atoms with Gasteiger partial charge in [0.25, 0.3) is 0 Å². The molecule has 25 heavy (non-hydrogen) atoms. The minimum atomic E-state index is -0.407. The molecule has 3 aromatic rings. The number of rotatable bonds is 3. The Morgan fingerprint density at radius 1 is 1.36 bits per heavy atom. The maximum Gasteiger partial charge on any atom is 0.140 e. The zero-order valence-corrected chi connectivity index (χ0v) is 15.7. The third-order valence-corrected chi connectivity index (χ3v) is 5.64. The van der Waals surface area contributed by atoms with Gasteiger partial charge in [0.05, 0.1) is 40.8 Å². The van der Waals surface area contributed by atoms with Crippen LogP contribution >= 0.6 is 27.5 Å². The Balaban J connectivity index is 1.82. The van der Waals surface area contributed by atoms with Crippen molar-refractivity contribution in [3.05, 3.63) is 57.5 Å². The Morgan fingerprint density at radius 3 is 2.88 bits per heavy atom. The van der Waals surface area contributed by atoms with E-state index in [9.17, 15) is 4.39 Å². The molecule has 0 aliphatic carbocycles. The number of fused-ring (bicyclic) bond motifs is 1. The summed E-state index contributed by atoms with van der Waals surface area (Å²) in [5.41, 5.74) is 3.60. The van der Waals surface area contributed by atoms with Gasteiger partial charge in [0, 0.05) is 16.7 Å². The molecule has 5 nitrogen and oxygen atoms in total. The van der Waals surface area contributed by atoms with Crippen LogP contribution in [0.25, 0.3) is 17.0 Å². The number of H-pyrrole nitrogens is 1. The van der Waals surface area contributed by atoms with Crippen LogP contribution in [-0.2, 0) is 6.54 Å².